The minimum Gasteiger partial charge on any atom is -0.384 e. The predicted molar refractivity (Wildman–Crippen MR) is 154 cm³/mol. The van der Waals surface area contributed by atoms with Crippen LogP contribution in [0.2, 0.25) is 0 Å². The molecular weight excluding hydrogens is 482 g/mol. The minimum atomic E-state index is -1.29. The number of benzene rings is 2. The fraction of sp³-hybridized carbons (Fsp3) is 0.548. The molecule has 2 aromatic carbocycles. The highest BCUT2D eigenvalue weighted by molar-refractivity contribution is 5.68. The van der Waals surface area contributed by atoms with Gasteiger partial charge in [0.1, 0.15) is 23.6 Å². The maximum absolute atomic E-state index is 14.3. The number of piperidine rings is 2. The lowest BCUT2D eigenvalue weighted by molar-refractivity contribution is -0.0343. The third kappa shape index (κ3) is 9.07. The van der Waals surface area contributed by atoms with Crippen LogP contribution in [0.1, 0.15) is 70.9 Å². The number of aliphatic hydroxyl groups is 1. The summed E-state index contributed by atoms with van der Waals surface area (Å²) < 4.78 is 27.7. The largest absolute Gasteiger partial charge is 0.384 e. The summed E-state index contributed by atoms with van der Waals surface area (Å²) in [5.41, 5.74) is 0.683. The molecule has 2 aliphatic rings. The number of β-amino-alcohol motifs (C(OH)–C–C–N with tert-alkyl or cyclic N) is 1. The van der Waals surface area contributed by atoms with Gasteiger partial charge in [0.25, 0.3) is 0 Å². The maximum atomic E-state index is 14.3. The molecule has 2 fully saturated rings. The Bertz CT molecular complexity index is 983. The molecule has 0 aromatic heterocycles. The normalized spacial score (nSPS) is 19.1. The van der Waals surface area contributed by atoms with Gasteiger partial charge in [-0.1, -0.05) is 57.2 Å². The van der Waals surface area contributed by atoms with Gasteiger partial charge < -0.3 is 10.0 Å². The van der Waals surface area contributed by atoms with Crippen LogP contribution in [-0.4, -0.2) is 60.2 Å². The van der Waals surface area contributed by atoms with Crippen molar-refractivity contribution in [1.82, 2.24) is 9.80 Å². The highest BCUT2D eigenvalue weighted by Gasteiger charge is 2.40. The lowest BCUT2D eigenvalue weighted by Gasteiger charge is -2.48. The van der Waals surface area contributed by atoms with Gasteiger partial charge in [0, 0.05) is 30.9 Å². The van der Waals surface area contributed by atoms with E-state index in [1.807, 2.05) is 20.8 Å². The fourth-order valence-electron chi connectivity index (χ4n) is 5.41. The molecule has 2 aliphatic heterocycles. The van der Waals surface area contributed by atoms with E-state index in [1.165, 1.54) is 30.5 Å². The van der Waals surface area contributed by atoms with Gasteiger partial charge in [-0.15, -0.1) is 0 Å². The molecule has 210 valence electrons. The average Bonchev–Trinajstić information content (AvgIpc) is 2.94. The number of hydrogen-bond donors (Lipinski definition) is 2. The van der Waals surface area contributed by atoms with E-state index in [0.717, 1.165) is 58.0 Å². The molecule has 0 radical (unpaired) electrons. The quantitative estimate of drug-likeness (QED) is 0.312. The average molecular weight is 529 g/mol. The minimum absolute atomic E-state index is 0.200. The number of likely N-dealkylation sites (tertiary alicyclic amines) is 2. The van der Waals surface area contributed by atoms with E-state index in [2.05, 4.69) is 45.1 Å². The molecule has 0 aliphatic carbocycles. The molecule has 2 aromatic rings. The molecule has 4 rings (SSSR count). The SMILES string of the molecule is CC.CC=NC=N.CCC(O)(CN1CCC2(CCN(Cc3ccccc3)CC2)CC1)c1ccc(F)cc1F. The summed E-state index contributed by atoms with van der Waals surface area (Å²) >= 11 is 0. The number of rotatable bonds is 7. The topological polar surface area (TPSA) is 62.9 Å². The summed E-state index contributed by atoms with van der Waals surface area (Å²) in [4.78, 5) is 8.20. The van der Waals surface area contributed by atoms with Crippen molar-refractivity contribution in [2.24, 2.45) is 10.4 Å². The molecule has 1 unspecified atom stereocenters. The van der Waals surface area contributed by atoms with Crippen LogP contribution in [0.4, 0.5) is 8.78 Å². The Morgan fingerprint density at radius 3 is 2.03 bits per heavy atom. The summed E-state index contributed by atoms with van der Waals surface area (Å²) in [6, 6.07) is 14.1. The van der Waals surface area contributed by atoms with Crippen molar-refractivity contribution in [3.05, 3.63) is 71.3 Å². The van der Waals surface area contributed by atoms with Gasteiger partial charge in [-0.3, -0.25) is 15.3 Å². The van der Waals surface area contributed by atoms with Crippen LogP contribution >= 0.6 is 0 Å². The maximum Gasteiger partial charge on any atom is 0.132 e. The van der Waals surface area contributed by atoms with Gasteiger partial charge >= 0.3 is 0 Å². The number of nitrogens with one attached hydrogen (secondary N) is 1. The first kappa shape index (κ1) is 31.7. The first-order valence-corrected chi connectivity index (χ1v) is 14.0. The lowest BCUT2D eigenvalue weighted by Crippen LogP contribution is -2.50. The molecule has 0 saturated carbocycles. The zero-order chi connectivity index (χ0) is 28.0. The highest BCUT2D eigenvalue weighted by Crippen LogP contribution is 2.42. The van der Waals surface area contributed by atoms with Gasteiger partial charge in [0.05, 0.1) is 0 Å². The van der Waals surface area contributed by atoms with E-state index >= 15 is 0 Å². The van der Waals surface area contributed by atoms with E-state index < -0.39 is 17.2 Å². The Balaban J connectivity index is 0.000000651. The van der Waals surface area contributed by atoms with Crippen LogP contribution in [0.3, 0.4) is 0 Å². The second-order valence-electron chi connectivity index (χ2n) is 10.1. The van der Waals surface area contributed by atoms with Crippen LogP contribution in [0.15, 0.2) is 53.5 Å². The van der Waals surface area contributed by atoms with Gasteiger partial charge in [-0.25, -0.2) is 8.78 Å². The molecule has 0 amide bonds. The van der Waals surface area contributed by atoms with E-state index in [0.29, 0.717) is 18.4 Å². The van der Waals surface area contributed by atoms with Crippen molar-refractivity contribution in [2.75, 3.05) is 32.7 Å². The molecule has 2 saturated heterocycles. The molecule has 38 heavy (non-hydrogen) atoms. The van der Waals surface area contributed by atoms with Crippen molar-refractivity contribution in [3.8, 4) is 0 Å². The Hall–Kier alpha value is -2.48. The van der Waals surface area contributed by atoms with E-state index in [4.69, 9.17) is 5.41 Å². The summed E-state index contributed by atoms with van der Waals surface area (Å²) in [6.07, 6.45) is 7.64. The molecule has 7 heteroatoms. The number of halogens is 2. The lowest BCUT2D eigenvalue weighted by atomic mass is 9.71. The zero-order valence-electron chi connectivity index (χ0n) is 23.6. The number of hydrogen-bond acceptors (Lipinski definition) is 4. The van der Waals surface area contributed by atoms with Gasteiger partial charge in [0.15, 0.2) is 0 Å². The van der Waals surface area contributed by atoms with Crippen LogP contribution in [-0.2, 0) is 12.1 Å². The van der Waals surface area contributed by atoms with Crippen LogP contribution in [0, 0.1) is 22.5 Å². The molecule has 2 heterocycles. The molecule has 2 N–H and O–H groups in total. The van der Waals surface area contributed by atoms with Crippen molar-refractivity contribution < 1.29 is 13.9 Å². The zero-order valence-corrected chi connectivity index (χ0v) is 23.6. The van der Waals surface area contributed by atoms with Crippen LogP contribution < -0.4 is 0 Å². The first-order chi connectivity index (χ1) is 18.3. The summed E-state index contributed by atoms with van der Waals surface area (Å²) in [6.45, 7) is 13.1. The third-order valence-corrected chi connectivity index (χ3v) is 7.81. The van der Waals surface area contributed by atoms with Gasteiger partial charge in [-0.05, 0) is 82.3 Å². The Morgan fingerprint density at radius 1 is 0.974 bits per heavy atom. The highest BCUT2D eigenvalue weighted by atomic mass is 19.1. The second-order valence-corrected chi connectivity index (χ2v) is 10.1. The summed E-state index contributed by atoms with van der Waals surface area (Å²) in [7, 11) is 0. The van der Waals surface area contributed by atoms with Crippen molar-refractivity contribution in [1.29, 1.82) is 5.41 Å². The standard InChI is InChI=1S/C26H34F2N2O.C3H6N2.C2H6/c1-2-26(31,23-9-8-22(27)18-24(23)28)20-30-16-12-25(13-17-30)10-14-29(15-11-25)19-21-6-4-3-5-7-21;1-2-5-3-4;1-2/h3-9,18,31H,2,10-17,19-20H2,1H3;2-4H,1H3;1-2H3. The van der Waals surface area contributed by atoms with E-state index in [1.54, 1.807) is 13.1 Å². The number of aliphatic imine (C=N–C) groups is 1. The van der Waals surface area contributed by atoms with Crippen LogP contribution in [0.5, 0.6) is 0 Å². The van der Waals surface area contributed by atoms with Gasteiger partial charge in [0.2, 0.25) is 0 Å². The van der Waals surface area contributed by atoms with Crippen molar-refractivity contribution >= 4 is 12.6 Å². The monoisotopic (exact) mass is 528 g/mol. The van der Waals surface area contributed by atoms with Crippen molar-refractivity contribution in [3.63, 3.8) is 0 Å². The second kappa shape index (κ2) is 15.8. The fourth-order valence-corrected chi connectivity index (χ4v) is 5.41. The summed E-state index contributed by atoms with van der Waals surface area (Å²) in [5, 5.41) is 17.5. The first-order valence-electron chi connectivity index (χ1n) is 14.0. The number of nitrogens with zero attached hydrogens (tertiary/aromatic N) is 3. The van der Waals surface area contributed by atoms with E-state index in [9.17, 15) is 13.9 Å². The summed E-state index contributed by atoms with van der Waals surface area (Å²) in [5.74, 6) is -1.28. The van der Waals surface area contributed by atoms with Crippen LogP contribution in [0.25, 0.3) is 0 Å². The van der Waals surface area contributed by atoms with E-state index in [-0.39, 0.29) is 5.56 Å². The Kier molecular flexibility index (Phi) is 13.2. The van der Waals surface area contributed by atoms with Gasteiger partial charge in [-0.2, -0.15) is 0 Å². The Labute approximate surface area is 228 Å². The molecule has 5 nitrogen and oxygen atoms in total. The molecule has 0 bridgehead atoms. The molecular formula is C31H46F2N4O. The molecule has 1 spiro atoms. The predicted octanol–water partition coefficient (Wildman–Crippen LogP) is 6.65. The smallest absolute Gasteiger partial charge is 0.132 e. The molecule has 1 atom stereocenters. The third-order valence-electron chi connectivity index (χ3n) is 7.81. The van der Waals surface area contributed by atoms with Crippen molar-refractivity contribution in [2.45, 2.75) is 71.9 Å². The Morgan fingerprint density at radius 2 is 1.55 bits per heavy atom.